The molecule has 0 aliphatic carbocycles. The van der Waals surface area contributed by atoms with E-state index in [1.165, 1.54) is 0 Å². The first kappa shape index (κ1) is 15.4. The number of nitrogens with zero attached hydrogens (tertiary/aromatic N) is 2. The minimum Gasteiger partial charge on any atom is -0.508 e. The average Bonchev–Trinajstić information content (AvgIpc) is 2.19. The van der Waals surface area contributed by atoms with Crippen LogP contribution in [0, 0.1) is 0 Å². The van der Waals surface area contributed by atoms with Gasteiger partial charge in [-0.2, -0.15) is 0 Å². The molecule has 1 saturated heterocycles. The number of piperazine rings is 1. The summed E-state index contributed by atoms with van der Waals surface area (Å²) in [5.41, 5.74) is 1.12. The maximum absolute atomic E-state index is 9.36. The summed E-state index contributed by atoms with van der Waals surface area (Å²) in [5, 5.41) is 9.36. The van der Waals surface area contributed by atoms with Gasteiger partial charge in [-0.25, -0.2) is 0 Å². The fraction of sp³-hybridized carbons (Fsp3) is 0.455. The summed E-state index contributed by atoms with van der Waals surface area (Å²) in [7, 11) is 2.14. The van der Waals surface area contributed by atoms with Crippen molar-refractivity contribution < 1.29 is 5.11 Å². The normalized spacial score (nSPS) is 16.2. The molecule has 0 bridgehead atoms. The number of phenols is 1. The van der Waals surface area contributed by atoms with E-state index in [0.29, 0.717) is 5.75 Å². The van der Waals surface area contributed by atoms with Crippen LogP contribution in [0.25, 0.3) is 0 Å². The van der Waals surface area contributed by atoms with E-state index in [-0.39, 0.29) is 24.8 Å². The molecule has 1 aliphatic rings. The highest BCUT2D eigenvalue weighted by atomic mass is 35.5. The Labute approximate surface area is 109 Å². The molecule has 1 aromatic carbocycles. The Morgan fingerprint density at radius 2 is 1.69 bits per heavy atom. The molecule has 0 spiro atoms. The summed E-state index contributed by atoms with van der Waals surface area (Å²) in [4.78, 5) is 4.62. The van der Waals surface area contributed by atoms with Gasteiger partial charge in [-0.3, -0.25) is 0 Å². The van der Waals surface area contributed by atoms with Crippen molar-refractivity contribution in [3.8, 4) is 5.75 Å². The standard InChI is InChI=1S/C11H16N2O.2ClH/c1-12-5-7-13(8-6-12)10-3-2-4-11(14)9-10;;/h2-4,9,14H,5-8H2,1H3;2*1H. The highest BCUT2D eigenvalue weighted by molar-refractivity contribution is 5.85. The van der Waals surface area contributed by atoms with E-state index >= 15 is 0 Å². The number of anilines is 1. The lowest BCUT2D eigenvalue weighted by Gasteiger charge is -2.34. The third kappa shape index (κ3) is 3.74. The second kappa shape index (κ2) is 6.84. The van der Waals surface area contributed by atoms with Gasteiger partial charge in [0.15, 0.2) is 0 Å². The minimum atomic E-state index is 0. The molecule has 0 unspecified atom stereocenters. The Morgan fingerprint density at radius 3 is 2.25 bits per heavy atom. The first-order valence-corrected chi connectivity index (χ1v) is 4.98. The SMILES string of the molecule is CN1CCN(c2cccc(O)c2)CC1.Cl.Cl. The van der Waals surface area contributed by atoms with Crippen molar-refractivity contribution in [2.24, 2.45) is 0 Å². The van der Waals surface area contributed by atoms with Gasteiger partial charge in [0, 0.05) is 37.9 Å². The Kier molecular flexibility index (Phi) is 6.56. The van der Waals surface area contributed by atoms with Gasteiger partial charge in [0.25, 0.3) is 0 Å². The lowest BCUT2D eigenvalue weighted by Crippen LogP contribution is -2.44. The summed E-state index contributed by atoms with van der Waals surface area (Å²) in [6.07, 6.45) is 0. The van der Waals surface area contributed by atoms with E-state index < -0.39 is 0 Å². The predicted molar refractivity (Wildman–Crippen MR) is 72.3 cm³/mol. The van der Waals surface area contributed by atoms with Gasteiger partial charge in [-0.1, -0.05) is 6.07 Å². The smallest absolute Gasteiger partial charge is 0.117 e. The molecule has 1 aromatic rings. The molecule has 0 saturated carbocycles. The number of hydrogen-bond donors (Lipinski definition) is 1. The fourth-order valence-electron chi connectivity index (χ4n) is 1.75. The Morgan fingerprint density at radius 1 is 1.06 bits per heavy atom. The maximum Gasteiger partial charge on any atom is 0.117 e. The van der Waals surface area contributed by atoms with E-state index in [1.54, 1.807) is 6.07 Å². The molecule has 5 heteroatoms. The van der Waals surface area contributed by atoms with Crippen LogP contribution in [0.1, 0.15) is 0 Å². The molecule has 0 radical (unpaired) electrons. The molecule has 1 heterocycles. The number of benzene rings is 1. The van der Waals surface area contributed by atoms with Crippen LogP contribution in [0.3, 0.4) is 0 Å². The molecule has 1 fully saturated rings. The van der Waals surface area contributed by atoms with E-state index in [9.17, 15) is 5.11 Å². The van der Waals surface area contributed by atoms with Crippen molar-refractivity contribution in [1.82, 2.24) is 4.90 Å². The number of hydrogen-bond acceptors (Lipinski definition) is 3. The zero-order valence-electron chi connectivity index (χ0n) is 9.30. The van der Waals surface area contributed by atoms with Crippen molar-refractivity contribution in [3.63, 3.8) is 0 Å². The molecule has 1 aliphatic heterocycles. The molecular formula is C11H18Cl2N2O. The quantitative estimate of drug-likeness (QED) is 0.841. The van der Waals surface area contributed by atoms with E-state index in [1.807, 2.05) is 18.2 Å². The predicted octanol–water partition coefficient (Wildman–Crippen LogP) is 1.99. The number of halogens is 2. The first-order chi connectivity index (χ1) is 6.75. The molecule has 16 heavy (non-hydrogen) atoms. The van der Waals surface area contributed by atoms with Crippen molar-refractivity contribution in [2.75, 3.05) is 38.1 Å². The molecule has 1 N–H and O–H groups in total. The number of phenolic OH excluding ortho intramolecular Hbond substituents is 1. The molecule has 2 rings (SSSR count). The van der Waals surface area contributed by atoms with Crippen LogP contribution in [-0.4, -0.2) is 43.2 Å². The van der Waals surface area contributed by atoms with Crippen molar-refractivity contribution in [3.05, 3.63) is 24.3 Å². The van der Waals surface area contributed by atoms with Gasteiger partial charge < -0.3 is 14.9 Å². The van der Waals surface area contributed by atoms with Gasteiger partial charge in [-0.05, 0) is 19.2 Å². The number of aromatic hydroxyl groups is 1. The number of likely N-dealkylation sites (N-methyl/N-ethyl adjacent to an activating group) is 1. The summed E-state index contributed by atoms with van der Waals surface area (Å²) in [6, 6.07) is 7.47. The maximum atomic E-state index is 9.36. The van der Waals surface area contributed by atoms with Crippen molar-refractivity contribution in [1.29, 1.82) is 0 Å². The molecule has 3 nitrogen and oxygen atoms in total. The van der Waals surface area contributed by atoms with Crippen molar-refractivity contribution >= 4 is 30.5 Å². The summed E-state index contributed by atoms with van der Waals surface area (Å²) in [6.45, 7) is 4.27. The fourth-order valence-corrected chi connectivity index (χ4v) is 1.75. The van der Waals surface area contributed by atoms with E-state index in [4.69, 9.17) is 0 Å². The summed E-state index contributed by atoms with van der Waals surface area (Å²) >= 11 is 0. The third-order valence-corrected chi connectivity index (χ3v) is 2.70. The molecule has 0 atom stereocenters. The van der Waals surface area contributed by atoms with Crippen LogP contribution < -0.4 is 4.90 Å². The zero-order chi connectivity index (χ0) is 9.97. The van der Waals surface area contributed by atoms with Gasteiger partial charge in [0.05, 0.1) is 0 Å². The summed E-state index contributed by atoms with van der Waals surface area (Å²) < 4.78 is 0. The largest absolute Gasteiger partial charge is 0.508 e. The molecule has 0 aromatic heterocycles. The van der Waals surface area contributed by atoms with E-state index in [0.717, 1.165) is 31.9 Å². The van der Waals surface area contributed by atoms with Crippen LogP contribution in [-0.2, 0) is 0 Å². The van der Waals surface area contributed by atoms with Gasteiger partial charge in [-0.15, -0.1) is 24.8 Å². The molecule has 0 amide bonds. The Balaban J connectivity index is 0.00000112. The topological polar surface area (TPSA) is 26.7 Å². The molecular weight excluding hydrogens is 247 g/mol. The van der Waals surface area contributed by atoms with Gasteiger partial charge in [0.1, 0.15) is 5.75 Å². The van der Waals surface area contributed by atoms with Crippen molar-refractivity contribution in [2.45, 2.75) is 0 Å². The Bertz CT molecular complexity index is 315. The molecule has 92 valence electrons. The van der Waals surface area contributed by atoms with Gasteiger partial charge in [0.2, 0.25) is 0 Å². The Hall–Kier alpha value is -0.640. The van der Waals surface area contributed by atoms with Crippen LogP contribution in [0.5, 0.6) is 5.75 Å². The van der Waals surface area contributed by atoms with Crippen LogP contribution in [0.2, 0.25) is 0 Å². The van der Waals surface area contributed by atoms with Crippen LogP contribution in [0.4, 0.5) is 5.69 Å². The minimum absolute atomic E-state index is 0. The zero-order valence-corrected chi connectivity index (χ0v) is 10.9. The lowest BCUT2D eigenvalue weighted by molar-refractivity contribution is 0.312. The highest BCUT2D eigenvalue weighted by Gasteiger charge is 2.13. The average molecular weight is 265 g/mol. The highest BCUT2D eigenvalue weighted by Crippen LogP contribution is 2.20. The second-order valence-electron chi connectivity index (χ2n) is 3.81. The number of rotatable bonds is 1. The summed E-state index contributed by atoms with van der Waals surface area (Å²) in [5.74, 6) is 0.349. The third-order valence-electron chi connectivity index (χ3n) is 2.70. The van der Waals surface area contributed by atoms with E-state index in [2.05, 4.69) is 16.8 Å². The second-order valence-corrected chi connectivity index (χ2v) is 3.81. The van der Waals surface area contributed by atoms with Gasteiger partial charge >= 0.3 is 0 Å². The van der Waals surface area contributed by atoms with Crippen LogP contribution in [0.15, 0.2) is 24.3 Å². The lowest BCUT2D eigenvalue weighted by atomic mass is 10.2. The monoisotopic (exact) mass is 264 g/mol. The van der Waals surface area contributed by atoms with Crippen LogP contribution >= 0.6 is 24.8 Å². The first-order valence-electron chi connectivity index (χ1n) is 4.98.